The molecule has 6 nitrogen and oxygen atoms in total. The van der Waals surface area contributed by atoms with Crippen LogP contribution in [0.1, 0.15) is 39.3 Å². The predicted molar refractivity (Wildman–Crippen MR) is 86.7 cm³/mol. The van der Waals surface area contributed by atoms with Gasteiger partial charge in [-0.25, -0.2) is 9.59 Å². The van der Waals surface area contributed by atoms with Crippen LogP contribution in [0.3, 0.4) is 0 Å². The van der Waals surface area contributed by atoms with E-state index in [4.69, 9.17) is 9.47 Å². The highest BCUT2D eigenvalue weighted by atomic mass is 19.3. The number of nitrogens with one attached hydrogen (secondary N) is 1. The molecule has 0 spiro atoms. The first-order chi connectivity index (χ1) is 11.5. The molecular weight excluding hydrogens is 336 g/mol. The standard InChI is InChI=1S/C17H23F2NO5/c1-6-24-14(21)17(18,19)13(20-15(22)25-16(2,3)4)11-9-7-8-10-12(11)23-5/h7-10,13H,6H2,1-5H3,(H,20,22). The van der Waals surface area contributed by atoms with Gasteiger partial charge >= 0.3 is 18.0 Å². The Bertz CT molecular complexity index is 613. The van der Waals surface area contributed by atoms with E-state index in [-0.39, 0.29) is 17.9 Å². The van der Waals surface area contributed by atoms with Crippen LogP contribution in [-0.2, 0) is 14.3 Å². The van der Waals surface area contributed by atoms with E-state index in [0.29, 0.717) is 0 Å². The van der Waals surface area contributed by atoms with Gasteiger partial charge in [-0.3, -0.25) is 0 Å². The Morgan fingerprint density at radius 3 is 2.32 bits per heavy atom. The van der Waals surface area contributed by atoms with Gasteiger partial charge < -0.3 is 19.5 Å². The number of rotatable bonds is 6. The lowest BCUT2D eigenvalue weighted by Gasteiger charge is -2.29. The second-order valence-corrected chi connectivity index (χ2v) is 6.16. The van der Waals surface area contributed by atoms with Crippen molar-refractivity contribution in [1.82, 2.24) is 5.32 Å². The number of para-hydroxylation sites is 1. The number of benzene rings is 1. The van der Waals surface area contributed by atoms with Crippen LogP contribution >= 0.6 is 0 Å². The van der Waals surface area contributed by atoms with E-state index in [2.05, 4.69) is 10.1 Å². The van der Waals surface area contributed by atoms with Gasteiger partial charge in [0.15, 0.2) is 0 Å². The Morgan fingerprint density at radius 2 is 1.80 bits per heavy atom. The molecule has 1 rings (SSSR count). The largest absolute Gasteiger partial charge is 0.496 e. The summed E-state index contributed by atoms with van der Waals surface area (Å²) >= 11 is 0. The van der Waals surface area contributed by atoms with Crippen LogP contribution in [0.2, 0.25) is 0 Å². The third-order valence-corrected chi connectivity index (χ3v) is 3.02. The van der Waals surface area contributed by atoms with Crippen molar-refractivity contribution in [3.63, 3.8) is 0 Å². The monoisotopic (exact) mass is 359 g/mol. The van der Waals surface area contributed by atoms with Crippen molar-refractivity contribution >= 4 is 12.1 Å². The van der Waals surface area contributed by atoms with Gasteiger partial charge in [-0.1, -0.05) is 18.2 Å². The van der Waals surface area contributed by atoms with E-state index in [1.54, 1.807) is 26.8 Å². The summed E-state index contributed by atoms with van der Waals surface area (Å²) in [5.74, 6) is -5.68. The van der Waals surface area contributed by atoms with Gasteiger partial charge in [0.2, 0.25) is 0 Å². The lowest BCUT2D eigenvalue weighted by Crippen LogP contribution is -2.47. The number of methoxy groups -OCH3 is 1. The second-order valence-electron chi connectivity index (χ2n) is 6.16. The number of alkyl carbamates (subject to hydrolysis) is 1. The molecule has 0 bridgehead atoms. The van der Waals surface area contributed by atoms with E-state index < -0.39 is 29.6 Å². The van der Waals surface area contributed by atoms with Gasteiger partial charge in [-0.2, -0.15) is 8.78 Å². The summed E-state index contributed by atoms with van der Waals surface area (Å²) in [4.78, 5) is 23.8. The Morgan fingerprint density at radius 1 is 1.20 bits per heavy atom. The fourth-order valence-corrected chi connectivity index (χ4v) is 2.04. The summed E-state index contributed by atoms with van der Waals surface area (Å²) in [6.07, 6.45) is -1.09. The van der Waals surface area contributed by atoms with Gasteiger partial charge in [0.1, 0.15) is 17.4 Å². The number of esters is 1. The van der Waals surface area contributed by atoms with Gasteiger partial charge in [-0.15, -0.1) is 0 Å². The first kappa shape index (κ1) is 20.7. The molecule has 25 heavy (non-hydrogen) atoms. The molecule has 0 aromatic heterocycles. The maximum atomic E-state index is 14.7. The molecule has 0 aliphatic rings. The third-order valence-electron chi connectivity index (χ3n) is 3.02. The van der Waals surface area contributed by atoms with Crippen molar-refractivity contribution in [3.05, 3.63) is 29.8 Å². The van der Waals surface area contributed by atoms with E-state index in [1.807, 2.05) is 0 Å². The number of halogens is 2. The van der Waals surface area contributed by atoms with Crippen molar-refractivity contribution in [1.29, 1.82) is 0 Å². The summed E-state index contributed by atoms with van der Waals surface area (Å²) in [6.45, 7) is 5.96. The lowest BCUT2D eigenvalue weighted by atomic mass is 9.99. The molecule has 1 aromatic carbocycles. The first-order valence-corrected chi connectivity index (χ1v) is 7.70. The minimum atomic E-state index is -4.03. The Balaban J connectivity index is 3.27. The molecule has 0 fully saturated rings. The van der Waals surface area contributed by atoms with Crippen LogP contribution in [0.25, 0.3) is 0 Å². The second kappa shape index (κ2) is 8.13. The molecule has 1 amide bonds. The molecule has 0 radical (unpaired) electrons. The molecule has 0 saturated carbocycles. The van der Waals surface area contributed by atoms with Crippen LogP contribution in [0.15, 0.2) is 24.3 Å². The quantitative estimate of drug-likeness (QED) is 0.788. The smallest absolute Gasteiger partial charge is 0.408 e. The van der Waals surface area contributed by atoms with Crippen molar-refractivity contribution in [2.45, 2.75) is 45.3 Å². The number of carbonyl (C=O) groups excluding carboxylic acids is 2. The predicted octanol–water partition coefficient (Wildman–Crippen LogP) is 3.46. The maximum Gasteiger partial charge on any atom is 0.408 e. The van der Waals surface area contributed by atoms with Crippen LogP contribution in [0.4, 0.5) is 13.6 Å². The number of carbonyl (C=O) groups is 2. The zero-order valence-corrected chi connectivity index (χ0v) is 14.9. The highest BCUT2D eigenvalue weighted by molar-refractivity contribution is 5.80. The molecule has 1 unspecified atom stereocenters. The van der Waals surface area contributed by atoms with E-state index in [9.17, 15) is 18.4 Å². The van der Waals surface area contributed by atoms with E-state index in [0.717, 1.165) is 0 Å². The number of amides is 1. The molecule has 1 aromatic rings. The van der Waals surface area contributed by atoms with Crippen molar-refractivity contribution in [2.75, 3.05) is 13.7 Å². The highest BCUT2D eigenvalue weighted by Gasteiger charge is 2.51. The summed E-state index contributed by atoms with van der Waals surface area (Å²) < 4.78 is 43.9. The summed E-state index contributed by atoms with van der Waals surface area (Å²) in [6, 6.07) is 3.82. The Labute approximate surface area is 145 Å². The lowest BCUT2D eigenvalue weighted by molar-refractivity contribution is -0.176. The summed E-state index contributed by atoms with van der Waals surface area (Å²) in [5, 5.41) is 2.05. The fourth-order valence-electron chi connectivity index (χ4n) is 2.04. The van der Waals surface area contributed by atoms with Gasteiger partial charge in [-0.05, 0) is 33.8 Å². The van der Waals surface area contributed by atoms with Crippen LogP contribution < -0.4 is 10.1 Å². The minimum Gasteiger partial charge on any atom is -0.496 e. The maximum absolute atomic E-state index is 14.7. The molecule has 1 N–H and O–H groups in total. The van der Waals surface area contributed by atoms with Gasteiger partial charge in [0, 0.05) is 5.56 Å². The topological polar surface area (TPSA) is 73.9 Å². The van der Waals surface area contributed by atoms with Gasteiger partial charge in [0.25, 0.3) is 0 Å². The highest BCUT2D eigenvalue weighted by Crippen LogP contribution is 2.37. The third kappa shape index (κ3) is 5.58. The van der Waals surface area contributed by atoms with Crippen molar-refractivity contribution in [3.8, 4) is 5.75 Å². The molecular formula is C17H23F2NO5. The average molecular weight is 359 g/mol. The molecule has 140 valence electrons. The van der Waals surface area contributed by atoms with Gasteiger partial charge in [0.05, 0.1) is 13.7 Å². The van der Waals surface area contributed by atoms with Crippen molar-refractivity contribution in [2.24, 2.45) is 0 Å². The first-order valence-electron chi connectivity index (χ1n) is 7.70. The summed E-state index contributed by atoms with van der Waals surface area (Å²) in [7, 11) is 1.30. The normalized spacial score (nSPS) is 12.9. The minimum absolute atomic E-state index is 0.0751. The van der Waals surface area contributed by atoms with E-state index >= 15 is 0 Å². The molecule has 8 heteroatoms. The number of ether oxygens (including phenoxy) is 3. The van der Waals surface area contributed by atoms with E-state index in [1.165, 1.54) is 32.2 Å². The zero-order valence-electron chi connectivity index (χ0n) is 14.9. The van der Waals surface area contributed by atoms with Crippen molar-refractivity contribution < 1.29 is 32.6 Å². The Hall–Kier alpha value is -2.38. The number of hydrogen-bond donors (Lipinski definition) is 1. The molecule has 0 aliphatic carbocycles. The van der Waals surface area contributed by atoms with Crippen LogP contribution in [-0.4, -0.2) is 37.3 Å². The molecule has 0 saturated heterocycles. The number of hydrogen-bond acceptors (Lipinski definition) is 5. The van der Waals surface area contributed by atoms with Crippen LogP contribution in [0.5, 0.6) is 5.75 Å². The average Bonchev–Trinajstić information content (AvgIpc) is 2.51. The summed E-state index contributed by atoms with van der Waals surface area (Å²) in [5.41, 5.74) is -0.969. The zero-order chi connectivity index (χ0) is 19.3. The van der Waals surface area contributed by atoms with Crippen LogP contribution in [0, 0.1) is 0 Å². The molecule has 0 aliphatic heterocycles. The number of alkyl halides is 2. The SMILES string of the molecule is CCOC(=O)C(F)(F)C(NC(=O)OC(C)(C)C)c1ccccc1OC. The fraction of sp³-hybridized carbons (Fsp3) is 0.529. The molecule has 0 heterocycles. The molecule has 1 atom stereocenters. The Kier molecular flexibility index (Phi) is 6.72.